The van der Waals surface area contributed by atoms with Crippen LogP contribution in [-0.4, -0.2) is 27.1 Å². The minimum atomic E-state index is -3.03. The van der Waals surface area contributed by atoms with Gasteiger partial charge in [0.25, 0.3) is 5.92 Å². The summed E-state index contributed by atoms with van der Waals surface area (Å²) < 4.78 is 31.3. The first-order valence-corrected chi connectivity index (χ1v) is 5.71. The highest BCUT2D eigenvalue weighted by Crippen LogP contribution is 2.26. The van der Waals surface area contributed by atoms with E-state index in [0.29, 0.717) is 0 Å². The van der Waals surface area contributed by atoms with Gasteiger partial charge in [-0.25, -0.2) is 4.98 Å². The van der Waals surface area contributed by atoms with E-state index in [0.717, 1.165) is 19.2 Å². The average molecular weight is 280 g/mol. The van der Waals surface area contributed by atoms with Crippen LogP contribution in [0, 0.1) is 0 Å². The molecule has 20 heavy (non-hydrogen) atoms. The van der Waals surface area contributed by atoms with Gasteiger partial charge in [-0.1, -0.05) is 6.07 Å². The van der Waals surface area contributed by atoms with Gasteiger partial charge in [-0.05, 0) is 18.2 Å². The molecule has 5 nitrogen and oxygen atoms in total. The van der Waals surface area contributed by atoms with Gasteiger partial charge in [-0.15, -0.1) is 0 Å². The van der Waals surface area contributed by atoms with Gasteiger partial charge >= 0.3 is 7.12 Å². The molecule has 0 aliphatic carbocycles. The van der Waals surface area contributed by atoms with Crippen molar-refractivity contribution in [2.24, 2.45) is 0 Å². The van der Waals surface area contributed by atoms with Crippen molar-refractivity contribution in [1.29, 1.82) is 0 Å². The Labute approximate surface area is 114 Å². The summed E-state index contributed by atoms with van der Waals surface area (Å²) in [6.45, 7) is 0.745. The van der Waals surface area contributed by atoms with E-state index in [9.17, 15) is 8.78 Å². The predicted octanol–water partition coefficient (Wildman–Crippen LogP) is 1.06. The number of hydrogen-bond donors (Lipinski definition) is 2. The highest BCUT2D eigenvalue weighted by Gasteiger charge is 2.26. The molecular formula is C12H11BF2N2O3. The van der Waals surface area contributed by atoms with Crippen LogP contribution in [-0.2, 0) is 5.92 Å². The molecule has 0 aromatic carbocycles. The fraction of sp³-hybridized carbons (Fsp3) is 0.167. The molecule has 0 unspecified atom stereocenters. The lowest BCUT2D eigenvalue weighted by molar-refractivity contribution is 0.0127. The molecule has 2 aromatic rings. The molecule has 0 aliphatic rings. The Morgan fingerprint density at radius 1 is 1.20 bits per heavy atom. The predicted molar refractivity (Wildman–Crippen MR) is 67.9 cm³/mol. The third kappa shape index (κ3) is 3.28. The number of ether oxygens (including phenoxy) is 1. The van der Waals surface area contributed by atoms with Crippen molar-refractivity contribution < 1.29 is 23.6 Å². The Morgan fingerprint density at radius 3 is 2.50 bits per heavy atom. The Hall–Kier alpha value is -2.06. The molecule has 0 amide bonds. The van der Waals surface area contributed by atoms with E-state index >= 15 is 0 Å². The molecule has 2 N–H and O–H groups in total. The summed E-state index contributed by atoms with van der Waals surface area (Å²) >= 11 is 0. The Balaban J connectivity index is 2.23. The SMILES string of the molecule is CC(F)(F)c1ccc(Oc2ncccc2B(O)O)cn1. The van der Waals surface area contributed by atoms with Crippen LogP contribution >= 0.6 is 0 Å². The van der Waals surface area contributed by atoms with Crippen LogP contribution in [0.15, 0.2) is 36.7 Å². The van der Waals surface area contributed by atoms with Crippen LogP contribution in [0.2, 0.25) is 0 Å². The van der Waals surface area contributed by atoms with Crippen LogP contribution < -0.4 is 10.2 Å². The van der Waals surface area contributed by atoms with E-state index in [1.807, 2.05) is 0 Å². The number of pyridine rings is 2. The summed E-state index contributed by atoms with van der Waals surface area (Å²) in [5.41, 5.74) is -0.314. The van der Waals surface area contributed by atoms with Gasteiger partial charge in [-0.2, -0.15) is 8.78 Å². The first kappa shape index (κ1) is 14.4. The molecule has 0 saturated heterocycles. The second kappa shape index (κ2) is 5.52. The van der Waals surface area contributed by atoms with Crippen molar-refractivity contribution in [3.05, 3.63) is 42.4 Å². The molecular weight excluding hydrogens is 269 g/mol. The lowest BCUT2D eigenvalue weighted by atomic mass is 9.81. The first-order valence-electron chi connectivity index (χ1n) is 5.71. The van der Waals surface area contributed by atoms with E-state index in [-0.39, 0.29) is 22.8 Å². The van der Waals surface area contributed by atoms with E-state index < -0.39 is 13.0 Å². The van der Waals surface area contributed by atoms with E-state index in [4.69, 9.17) is 14.8 Å². The zero-order valence-electron chi connectivity index (χ0n) is 10.5. The van der Waals surface area contributed by atoms with Crippen LogP contribution in [0.1, 0.15) is 12.6 Å². The molecule has 8 heteroatoms. The van der Waals surface area contributed by atoms with Gasteiger partial charge in [0.1, 0.15) is 11.4 Å². The number of halogens is 2. The molecule has 0 radical (unpaired) electrons. The summed E-state index contributed by atoms with van der Waals surface area (Å²) in [6, 6.07) is 5.38. The number of hydrogen-bond acceptors (Lipinski definition) is 5. The third-order valence-electron chi connectivity index (χ3n) is 2.48. The van der Waals surface area contributed by atoms with Crippen LogP contribution in [0.5, 0.6) is 11.6 Å². The van der Waals surface area contributed by atoms with Gasteiger partial charge in [0.15, 0.2) is 0 Å². The molecule has 0 saturated carbocycles. The van der Waals surface area contributed by atoms with E-state index in [1.165, 1.54) is 24.4 Å². The zero-order chi connectivity index (χ0) is 14.8. The minimum Gasteiger partial charge on any atom is -0.438 e. The number of aromatic nitrogens is 2. The summed E-state index contributed by atoms with van der Waals surface area (Å²) in [5, 5.41) is 18.3. The Bertz CT molecular complexity index is 588. The molecule has 0 spiro atoms. The lowest BCUT2D eigenvalue weighted by Crippen LogP contribution is -2.31. The van der Waals surface area contributed by atoms with Crippen LogP contribution in [0.4, 0.5) is 8.78 Å². The largest absolute Gasteiger partial charge is 0.494 e. The first-order chi connectivity index (χ1) is 9.38. The monoisotopic (exact) mass is 280 g/mol. The van der Waals surface area contributed by atoms with Gasteiger partial charge < -0.3 is 14.8 Å². The van der Waals surface area contributed by atoms with Gasteiger partial charge in [0, 0.05) is 18.6 Å². The van der Waals surface area contributed by atoms with E-state index in [2.05, 4.69) is 9.97 Å². The summed E-state index contributed by atoms with van der Waals surface area (Å²) in [6.07, 6.45) is 2.53. The zero-order valence-corrected chi connectivity index (χ0v) is 10.5. The van der Waals surface area contributed by atoms with Gasteiger partial charge in [0.05, 0.1) is 6.20 Å². The molecule has 2 aromatic heterocycles. The minimum absolute atomic E-state index is 0.0275. The molecule has 0 aliphatic heterocycles. The fourth-order valence-electron chi connectivity index (χ4n) is 1.50. The maximum absolute atomic E-state index is 13.0. The topological polar surface area (TPSA) is 75.5 Å². The summed E-state index contributed by atoms with van der Waals surface area (Å²) in [7, 11) is -1.74. The highest BCUT2D eigenvalue weighted by atomic mass is 19.3. The maximum Gasteiger partial charge on any atom is 0.494 e. The summed E-state index contributed by atoms with van der Waals surface area (Å²) in [5.74, 6) is -2.89. The van der Waals surface area contributed by atoms with Crippen molar-refractivity contribution in [3.63, 3.8) is 0 Å². The Morgan fingerprint density at radius 2 is 1.95 bits per heavy atom. The second-order valence-electron chi connectivity index (χ2n) is 4.14. The van der Waals surface area contributed by atoms with Crippen LogP contribution in [0.25, 0.3) is 0 Å². The molecule has 0 fully saturated rings. The molecule has 104 valence electrons. The number of alkyl halides is 2. The quantitative estimate of drug-likeness (QED) is 0.819. The molecule has 2 heterocycles. The van der Waals surface area contributed by atoms with Crippen LogP contribution in [0.3, 0.4) is 0 Å². The molecule has 0 atom stereocenters. The lowest BCUT2D eigenvalue weighted by Gasteiger charge is -2.11. The van der Waals surface area contributed by atoms with Crippen molar-refractivity contribution in [3.8, 4) is 11.6 Å². The second-order valence-corrected chi connectivity index (χ2v) is 4.14. The summed E-state index contributed by atoms with van der Waals surface area (Å²) in [4.78, 5) is 7.44. The Kier molecular flexibility index (Phi) is 3.96. The maximum atomic E-state index is 13.0. The average Bonchev–Trinajstić information content (AvgIpc) is 2.38. The van der Waals surface area contributed by atoms with Crippen molar-refractivity contribution in [1.82, 2.24) is 9.97 Å². The van der Waals surface area contributed by atoms with Crippen molar-refractivity contribution in [2.75, 3.05) is 0 Å². The highest BCUT2D eigenvalue weighted by molar-refractivity contribution is 6.59. The van der Waals surface area contributed by atoms with E-state index in [1.54, 1.807) is 0 Å². The number of nitrogens with zero attached hydrogens (tertiary/aromatic N) is 2. The fourth-order valence-corrected chi connectivity index (χ4v) is 1.50. The smallest absolute Gasteiger partial charge is 0.438 e. The molecule has 0 bridgehead atoms. The van der Waals surface area contributed by atoms with Crippen molar-refractivity contribution in [2.45, 2.75) is 12.8 Å². The standard InChI is InChI=1S/C12H11BF2N2O3/c1-12(14,15)10-5-4-8(7-17-10)20-11-9(13(18)19)3-2-6-16-11/h2-7,18-19H,1H3. The normalized spacial score (nSPS) is 11.2. The van der Waals surface area contributed by atoms with Crippen molar-refractivity contribution >= 4 is 12.6 Å². The van der Waals surface area contributed by atoms with Gasteiger partial charge in [0.2, 0.25) is 5.88 Å². The number of rotatable bonds is 4. The molecule has 2 rings (SSSR count). The third-order valence-corrected chi connectivity index (χ3v) is 2.48. The van der Waals surface area contributed by atoms with Gasteiger partial charge in [-0.3, -0.25) is 4.98 Å².